The number of hydrogen-bond donors (Lipinski definition) is 1. The molecule has 0 aliphatic carbocycles. The molecule has 0 saturated carbocycles. The number of imidazole rings is 1. The number of nitrogens with zero attached hydrogens (tertiary/aromatic N) is 5. The van der Waals surface area contributed by atoms with Crippen molar-refractivity contribution >= 4 is 23.3 Å². The molecule has 29 heavy (non-hydrogen) atoms. The minimum Gasteiger partial charge on any atom is -0.545 e. The van der Waals surface area contributed by atoms with Crippen LogP contribution >= 0.6 is 0 Å². The van der Waals surface area contributed by atoms with E-state index in [1.165, 1.54) is 43.9 Å². The van der Waals surface area contributed by atoms with E-state index in [1.807, 2.05) is 6.07 Å². The number of ether oxygens (including phenoxy) is 1. The minimum atomic E-state index is -1.42. The molecular formula is C18H15LiN6O4. The van der Waals surface area contributed by atoms with E-state index >= 15 is 0 Å². The summed E-state index contributed by atoms with van der Waals surface area (Å²) in [6.07, 6.45) is 2.91. The average molecular weight is 386 g/mol. The van der Waals surface area contributed by atoms with Crippen LogP contribution in [-0.2, 0) is 4.79 Å². The van der Waals surface area contributed by atoms with E-state index in [1.54, 1.807) is 12.1 Å². The second-order valence-electron chi connectivity index (χ2n) is 6.41. The largest absolute Gasteiger partial charge is 1.00 e. The Bertz CT molecular complexity index is 1140. The van der Waals surface area contributed by atoms with Crippen molar-refractivity contribution in [2.45, 2.75) is 13.8 Å². The molecule has 0 aliphatic heterocycles. The van der Waals surface area contributed by atoms with Crippen LogP contribution in [0.2, 0.25) is 0 Å². The molecule has 1 amide bonds. The molecule has 0 radical (unpaired) electrons. The zero-order chi connectivity index (χ0) is 20.5. The fourth-order valence-electron chi connectivity index (χ4n) is 2.32. The van der Waals surface area contributed by atoms with Gasteiger partial charge in [0, 0.05) is 11.8 Å². The Hall–Kier alpha value is -3.40. The number of carboxylic acid groups (broad SMARTS) is 1. The van der Waals surface area contributed by atoms with Crippen molar-refractivity contribution in [3.05, 3.63) is 36.2 Å². The molecule has 3 aromatic heterocycles. The van der Waals surface area contributed by atoms with E-state index in [4.69, 9.17) is 10.00 Å². The number of nitrogens with one attached hydrogen (secondary N) is 1. The molecule has 0 spiro atoms. The molecule has 0 fully saturated rings. The van der Waals surface area contributed by atoms with E-state index in [0.717, 1.165) is 0 Å². The smallest absolute Gasteiger partial charge is 0.545 e. The quantitative estimate of drug-likeness (QED) is 0.480. The van der Waals surface area contributed by atoms with Gasteiger partial charge in [0.2, 0.25) is 11.8 Å². The van der Waals surface area contributed by atoms with E-state index < -0.39 is 17.3 Å². The van der Waals surface area contributed by atoms with Crippen LogP contribution in [0.4, 0.5) is 5.82 Å². The molecule has 142 valence electrons. The summed E-state index contributed by atoms with van der Waals surface area (Å²) >= 11 is 0. The van der Waals surface area contributed by atoms with Crippen LogP contribution in [0.3, 0.4) is 0 Å². The average Bonchev–Trinajstić information content (AvgIpc) is 3.08. The molecule has 0 bridgehead atoms. The first-order valence-corrected chi connectivity index (χ1v) is 8.10. The first-order valence-electron chi connectivity index (χ1n) is 8.10. The Morgan fingerprint density at radius 3 is 2.69 bits per heavy atom. The Balaban J connectivity index is 0.00000300. The maximum atomic E-state index is 12.1. The van der Waals surface area contributed by atoms with Gasteiger partial charge in [-0.15, -0.1) is 0 Å². The van der Waals surface area contributed by atoms with Crippen LogP contribution in [-0.4, -0.2) is 38.6 Å². The third-order valence-corrected chi connectivity index (χ3v) is 3.97. The van der Waals surface area contributed by atoms with Gasteiger partial charge in [0.15, 0.2) is 11.5 Å². The molecule has 3 rings (SSSR count). The number of carboxylic acids is 1. The maximum absolute atomic E-state index is 12.1. The summed E-state index contributed by atoms with van der Waals surface area (Å²) in [6.45, 7) is 3.00. The predicted molar refractivity (Wildman–Crippen MR) is 95.1 cm³/mol. The number of anilines is 1. The topological polar surface area (TPSA) is 145 Å². The zero-order valence-electron chi connectivity index (χ0n) is 16.3. The number of methoxy groups -OCH3 is 1. The summed E-state index contributed by atoms with van der Waals surface area (Å²) in [5.74, 6) is -1.73. The van der Waals surface area contributed by atoms with Crippen molar-refractivity contribution in [2.75, 3.05) is 12.4 Å². The summed E-state index contributed by atoms with van der Waals surface area (Å²) in [6, 6.07) is 6.55. The number of carbonyl (C=O) groups excluding carboxylic acids is 2. The fourth-order valence-corrected chi connectivity index (χ4v) is 2.32. The van der Waals surface area contributed by atoms with Crippen LogP contribution in [0.15, 0.2) is 30.6 Å². The van der Waals surface area contributed by atoms with Crippen molar-refractivity contribution in [1.82, 2.24) is 19.6 Å². The molecule has 1 N–H and O–H groups in total. The second kappa shape index (κ2) is 8.31. The summed E-state index contributed by atoms with van der Waals surface area (Å²) in [4.78, 5) is 31.6. The number of aromatic nitrogens is 4. The molecule has 3 heterocycles. The van der Waals surface area contributed by atoms with Crippen molar-refractivity contribution in [2.24, 2.45) is 5.41 Å². The standard InChI is InChI=1S/C18H16N6O4.Li/c1-18(2,9-19)17(27)22-13-8-24-14(21-13)5-4-12(23-24)10-6-11(16(25)26)15(28-3)20-7-10;/h4-8H,1-3H3,(H,22,27)(H,25,26);/q;+1/p-1. The summed E-state index contributed by atoms with van der Waals surface area (Å²) in [7, 11) is 1.31. The number of aromatic carboxylic acids is 1. The number of fused-ring (bicyclic) bond motifs is 1. The Kier molecular flexibility index (Phi) is 6.27. The van der Waals surface area contributed by atoms with E-state index in [9.17, 15) is 14.7 Å². The summed E-state index contributed by atoms with van der Waals surface area (Å²) < 4.78 is 6.34. The number of hydrogen-bond acceptors (Lipinski definition) is 8. The van der Waals surface area contributed by atoms with Crippen molar-refractivity contribution < 1.29 is 38.3 Å². The third-order valence-electron chi connectivity index (χ3n) is 3.97. The van der Waals surface area contributed by atoms with Gasteiger partial charge in [0.1, 0.15) is 5.41 Å². The van der Waals surface area contributed by atoms with Crippen molar-refractivity contribution in [3.8, 4) is 23.2 Å². The van der Waals surface area contributed by atoms with Gasteiger partial charge in [-0.25, -0.2) is 14.5 Å². The first-order chi connectivity index (χ1) is 13.2. The van der Waals surface area contributed by atoms with Gasteiger partial charge in [-0.1, -0.05) is 0 Å². The Morgan fingerprint density at radius 1 is 1.34 bits per heavy atom. The van der Waals surface area contributed by atoms with Gasteiger partial charge < -0.3 is 20.0 Å². The molecule has 10 nitrogen and oxygen atoms in total. The minimum absolute atomic E-state index is 0. The van der Waals surface area contributed by atoms with Crippen LogP contribution in [0.5, 0.6) is 5.88 Å². The van der Waals surface area contributed by atoms with Crippen LogP contribution in [0, 0.1) is 16.7 Å². The van der Waals surface area contributed by atoms with Gasteiger partial charge in [0.25, 0.3) is 0 Å². The second-order valence-corrected chi connectivity index (χ2v) is 6.41. The SMILES string of the molecule is COc1ncc(-c2ccc3nc(NC(=O)C(C)(C)C#N)cn3n2)cc1C(=O)[O-].[Li+]. The maximum Gasteiger partial charge on any atom is 1.00 e. The molecule has 0 aromatic carbocycles. The van der Waals surface area contributed by atoms with Gasteiger partial charge in [-0.2, -0.15) is 10.4 Å². The van der Waals surface area contributed by atoms with Crippen molar-refractivity contribution in [3.63, 3.8) is 0 Å². The fraction of sp³-hybridized carbons (Fsp3) is 0.222. The van der Waals surface area contributed by atoms with Gasteiger partial charge in [-0.05, 0) is 32.0 Å². The molecule has 0 aliphatic rings. The molecule has 11 heteroatoms. The first kappa shape index (κ1) is 21.9. The number of pyridine rings is 1. The van der Waals surface area contributed by atoms with Gasteiger partial charge in [0.05, 0.1) is 36.6 Å². The molecule has 0 unspecified atom stereocenters. The third kappa shape index (κ3) is 4.37. The molecule has 3 aromatic rings. The number of carbonyl (C=O) groups is 2. The number of nitriles is 1. The van der Waals surface area contributed by atoms with Crippen molar-refractivity contribution in [1.29, 1.82) is 5.26 Å². The van der Waals surface area contributed by atoms with Gasteiger partial charge in [-0.3, -0.25) is 4.79 Å². The monoisotopic (exact) mass is 386 g/mol. The Morgan fingerprint density at radius 2 is 2.07 bits per heavy atom. The van der Waals surface area contributed by atoms with Crippen LogP contribution in [0.25, 0.3) is 16.9 Å². The molecular weight excluding hydrogens is 371 g/mol. The predicted octanol–water partition coefficient (Wildman–Crippen LogP) is -2.34. The summed E-state index contributed by atoms with van der Waals surface area (Å²) in [5.41, 5.74) is -0.0797. The van der Waals surface area contributed by atoms with Gasteiger partial charge >= 0.3 is 18.9 Å². The molecule has 0 saturated heterocycles. The van der Waals surface area contributed by atoms with Crippen LogP contribution < -0.4 is 34.0 Å². The number of amides is 1. The summed E-state index contributed by atoms with van der Waals surface area (Å²) in [5, 5.41) is 27.2. The van der Waals surface area contributed by atoms with E-state index in [0.29, 0.717) is 16.9 Å². The van der Waals surface area contributed by atoms with E-state index in [2.05, 4.69) is 20.4 Å². The number of rotatable bonds is 5. The Labute approximate surface area is 177 Å². The normalized spacial score (nSPS) is 10.7. The molecule has 0 atom stereocenters. The zero-order valence-corrected chi connectivity index (χ0v) is 16.3. The van der Waals surface area contributed by atoms with E-state index in [-0.39, 0.29) is 36.1 Å². The van der Waals surface area contributed by atoms with Crippen LogP contribution in [0.1, 0.15) is 24.2 Å².